The molecule has 1 aromatic carbocycles. The molecule has 13 heavy (non-hydrogen) atoms. The molecule has 0 saturated heterocycles. The molecule has 0 N–H and O–H groups in total. The Morgan fingerprint density at radius 1 is 1.08 bits per heavy atom. The summed E-state index contributed by atoms with van der Waals surface area (Å²) in [5.41, 5.74) is -0.451. The van der Waals surface area contributed by atoms with Crippen molar-refractivity contribution in [1.29, 1.82) is 0 Å². The molecule has 0 unspecified atom stereocenters. The topological polar surface area (TPSA) is 80.3 Å². The number of aromatic carboxylic acids is 2. The smallest absolute Gasteiger partial charge is 0.559 e. The Hall–Kier alpha value is -0.918. The molecule has 62 valence electrons. The summed E-state index contributed by atoms with van der Waals surface area (Å²) in [4.78, 5) is 20.5. The molecule has 0 aliphatic heterocycles. The van der Waals surface area contributed by atoms with Crippen molar-refractivity contribution >= 4 is 11.9 Å². The minimum atomic E-state index is -1.44. The largest absolute Gasteiger partial charge is 2.00 e. The van der Waals surface area contributed by atoms with Crippen LogP contribution in [-0.2, 0) is 27.3 Å². The average molecular weight is 276 g/mol. The van der Waals surface area contributed by atoms with Gasteiger partial charge in [0.05, 0.1) is 0 Å². The van der Waals surface area contributed by atoms with Crippen LogP contribution in [0.4, 0.5) is 0 Å². The first kappa shape index (κ1) is 12.1. The number of rotatable bonds is 2. The maximum absolute atomic E-state index is 10.2. The molecule has 5 heteroatoms. The Kier molecular flexibility index (Phi) is 4.60. The van der Waals surface area contributed by atoms with Crippen molar-refractivity contribution in [3.63, 3.8) is 0 Å². The van der Waals surface area contributed by atoms with Crippen LogP contribution in [0.15, 0.2) is 18.2 Å². The molecule has 0 bridgehead atoms. The van der Waals surface area contributed by atoms with E-state index in [4.69, 9.17) is 0 Å². The van der Waals surface area contributed by atoms with Gasteiger partial charge in [-0.25, -0.2) is 0 Å². The van der Waals surface area contributed by atoms with Crippen molar-refractivity contribution in [2.24, 2.45) is 0 Å². The van der Waals surface area contributed by atoms with Crippen LogP contribution in [0.5, 0.6) is 0 Å². The molecule has 0 aliphatic rings. The van der Waals surface area contributed by atoms with Crippen LogP contribution >= 0.6 is 0 Å². The van der Waals surface area contributed by atoms with E-state index in [0.29, 0.717) is 0 Å². The van der Waals surface area contributed by atoms with Crippen LogP contribution in [0.2, 0.25) is 0 Å². The van der Waals surface area contributed by atoms with Crippen LogP contribution in [0, 0.1) is 6.07 Å². The molecule has 0 aromatic heterocycles. The van der Waals surface area contributed by atoms with E-state index in [1.54, 1.807) is 0 Å². The summed E-state index contributed by atoms with van der Waals surface area (Å²) in [6.07, 6.45) is 0. The molecule has 0 radical (unpaired) electrons. The predicted molar refractivity (Wildman–Crippen MR) is 33.9 cm³/mol. The second-order valence-corrected chi connectivity index (χ2v) is 2.09. The Labute approximate surface area is 94.4 Å². The number of carbonyl (C=O) groups excluding carboxylic acids is 2. The Morgan fingerprint density at radius 2 is 1.46 bits per heavy atom. The molecule has 0 amide bonds. The van der Waals surface area contributed by atoms with Gasteiger partial charge >= 0.3 is 27.3 Å². The second-order valence-electron chi connectivity index (χ2n) is 2.09. The fraction of sp³-hybridized carbons (Fsp3) is 0. The summed E-state index contributed by atoms with van der Waals surface area (Å²) in [5, 5.41) is 20.5. The van der Waals surface area contributed by atoms with Crippen molar-refractivity contribution in [3.8, 4) is 0 Å². The zero-order valence-electron chi connectivity index (χ0n) is 6.57. The first-order valence-corrected chi connectivity index (χ1v) is 3.05. The Morgan fingerprint density at radius 3 is 1.77 bits per heavy atom. The normalized spacial score (nSPS) is 8.62. The molecule has 1 rings (SSSR count). The standard InChI is InChI=1S/C8H5O4.Cd/c9-7(10)5-2-1-3-6(4-5)8(11)12;/h2-4H,(H,9,10)(H,11,12);/q-1;+2/p-2. The molecule has 0 fully saturated rings. The number of hydrogen-bond donors (Lipinski definition) is 0. The van der Waals surface area contributed by atoms with Crippen LogP contribution in [-0.4, -0.2) is 11.9 Å². The van der Waals surface area contributed by atoms with E-state index < -0.39 is 11.9 Å². The molecule has 1 aromatic rings. The quantitative estimate of drug-likeness (QED) is 0.472. The summed E-state index contributed by atoms with van der Waals surface area (Å²) in [7, 11) is 0. The third-order valence-corrected chi connectivity index (χ3v) is 1.26. The average Bonchev–Trinajstić information content (AvgIpc) is 2.04. The third-order valence-electron chi connectivity index (χ3n) is 1.26. The number of hydrogen-bond acceptors (Lipinski definition) is 4. The maximum Gasteiger partial charge on any atom is 2.00 e. The zero-order valence-corrected chi connectivity index (χ0v) is 10.6. The van der Waals surface area contributed by atoms with Gasteiger partial charge in [-0.3, -0.25) is 0 Å². The monoisotopic (exact) mass is 277 g/mol. The molecule has 0 saturated carbocycles. The van der Waals surface area contributed by atoms with Gasteiger partial charge in [0, 0.05) is 11.9 Å². The van der Waals surface area contributed by atoms with Gasteiger partial charge in [0.1, 0.15) is 0 Å². The summed E-state index contributed by atoms with van der Waals surface area (Å²) in [5.74, 6) is -2.87. The van der Waals surface area contributed by atoms with Crippen LogP contribution in [0.25, 0.3) is 0 Å². The van der Waals surface area contributed by atoms with E-state index in [2.05, 4.69) is 6.07 Å². The SMILES string of the molecule is O=C([O-])c1c[c-]cc(C(=O)[O-])c1.[Cd+2]. The Bertz CT molecular complexity index is 305. The minimum Gasteiger partial charge on any atom is -0.559 e. The second kappa shape index (κ2) is 4.95. The van der Waals surface area contributed by atoms with E-state index in [9.17, 15) is 19.8 Å². The summed E-state index contributed by atoms with van der Waals surface area (Å²) < 4.78 is 0. The number of benzene rings is 1. The number of carbonyl (C=O) groups is 2. The van der Waals surface area contributed by atoms with Crippen molar-refractivity contribution < 1.29 is 47.1 Å². The van der Waals surface area contributed by atoms with Gasteiger partial charge in [0.15, 0.2) is 0 Å². The molecule has 4 nitrogen and oxygen atoms in total. The molecule has 0 spiro atoms. The van der Waals surface area contributed by atoms with Crippen molar-refractivity contribution in [1.82, 2.24) is 0 Å². The summed E-state index contributed by atoms with van der Waals surface area (Å²) >= 11 is 0. The van der Waals surface area contributed by atoms with Gasteiger partial charge in [0.25, 0.3) is 0 Å². The van der Waals surface area contributed by atoms with Gasteiger partial charge in [-0.1, -0.05) is 0 Å². The van der Waals surface area contributed by atoms with E-state index in [1.807, 2.05) is 0 Å². The van der Waals surface area contributed by atoms with Gasteiger partial charge in [0.2, 0.25) is 0 Å². The van der Waals surface area contributed by atoms with E-state index in [-0.39, 0.29) is 38.4 Å². The predicted octanol–water partition coefficient (Wildman–Crippen LogP) is -1.79. The first-order chi connectivity index (χ1) is 5.61. The molecular formula is C8H3CdO4-. The van der Waals surface area contributed by atoms with Gasteiger partial charge < -0.3 is 19.8 Å². The van der Waals surface area contributed by atoms with Crippen LogP contribution in [0.3, 0.4) is 0 Å². The molecule has 0 aliphatic carbocycles. The van der Waals surface area contributed by atoms with E-state index in [0.717, 1.165) is 18.2 Å². The van der Waals surface area contributed by atoms with E-state index >= 15 is 0 Å². The van der Waals surface area contributed by atoms with Crippen LogP contribution < -0.4 is 10.2 Å². The van der Waals surface area contributed by atoms with Gasteiger partial charge in [-0.2, -0.15) is 24.3 Å². The van der Waals surface area contributed by atoms with Crippen LogP contribution in [0.1, 0.15) is 20.7 Å². The van der Waals surface area contributed by atoms with Crippen molar-refractivity contribution in [2.75, 3.05) is 0 Å². The van der Waals surface area contributed by atoms with Gasteiger partial charge in [-0.15, -0.1) is 11.1 Å². The number of carboxylic acids is 2. The van der Waals surface area contributed by atoms with E-state index in [1.165, 1.54) is 0 Å². The zero-order chi connectivity index (χ0) is 9.14. The first-order valence-electron chi connectivity index (χ1n) is 3.05. The minimum absolute atomic E-state index is 0. The summed E-state index contributed by atoms with van der Waals surface area (Å²) in [6.45, 7) is 0. The van der Waals surface area contributed by atoms with Crippen molar-refractivity contribution in [2.45, 2.75) is 0 Å². The van der Waals surface area contributed by atoms with Crippen molar-refractivity contribution in [3.05, 3.63) is 35.4 Å². The third kappa shape index (κ3) is 3.13. The fourth-order valence-corrected chi connectivity index (χ4v) is 0.708. The summed E-state index contributed by atoms with van der Waals surface area (Å²) in [6, 6.07) is 5.56. The maximum atomic E-state index is 10.2. The fourth-order valence-electron chi connectivity index (χ4n) is 0.708. The number of carboxylic acid groups (broad SMARTS) is 2. The Balaban J connectivity index is 0.00000144. The molecular weight excluding hydrogens is 272 g/mol. The van der Waals surface area contributed by atoms with Gasteiger partial charge in [-0.05, 0) is 0 Å². The molecule has 0 heterocycles. The molecule has 0 atom stereocenters.